The molecular formula is C21H24ClN3O4. The Labute approximate surface area is 174 Å². The van der Waals surface area contributed by atoms with Crippen molar-refractivity contribution < 1.29 is 19.1 Å². The third-order valence-electron chi connectivity index (χ3n) is 3.56. The third-order valence-corrected chi connectivity index (χ3v) is 3.81. The SMILES string of the molecule is CC(C)(C)OC(=O)NCC(=O)Nc1cccc(CNC(=O)c2ccc(Cl)cc2)c1. The highest BCUT2D eigenvalue weighted by molar-refractivity contribution is 6.30. The molecule has 7 nitrogen and oxygen atoms in total. The van der Waals surface area contributed by atoms with Crippen molar-refractivity contribution in [1.29, 1.82) is 0 Å². The summed E-state index contributed by atoms with van der Waals surface area (Å²) >= 11 is 5.82. The van der Waals surface area contributed by atoms with Gasteiger partial charge in [-0.15, -0.1) is 0 Å². The van der Waals surface area contributed by atoms with Crippen LogP contribution in [0.3, 0.4) is 0 Å². The summed E-state index contributed by atoms with van der Waals surface area (Å²) in [7, 11) is 0. The number of benzene rings is 2. The van der Waals surface area contributed by atoms with Gasteiger partial charge < -0.3 is 20.7 Å². The predicted octanol–water partition coefficient (Wildman–Crippen LogP) is 3.73. The Hall–Kier alpha value is -3.06. The van der Waals surface area contributed by atoms with Crippen LogP contribution in [0.25, 0.3) is 0 Å². The van der Waals surface area contributed by atoms with Crippen LogP contribution in [0.2, 0.25) is 5.02 Å². The van der Waals surface area contributed by atoms with E-state index in [0.29, 0.717) is 22.8 Å². The third kappa shape index (κ3) is 8.23. The number of anilines is 1. The predicted molar refractivity (Wildman–Crippen MR) is 112 cm³/mol. The summed E-state index contributed by atoms with van der Waals surface area (Å²) in [5, 5.41) is 8.46. The van der Waals surface area contributed by atoms with Gasteiger partial charge in [-0.2, -0.15) is 0 Å². The van der Waals surface area contributed by atoms with Crippen LogP contribution in [0.15, 0.2) is 48.5 Å². The van der Waals surface area contributed by atoms with Crippen molar-refractivity contribution >= 4 is 35.2 Å². The molecular weight excluding hydrogens is 394 g/mol. The molecule has 0 aliphatic heterocycles. The Balaban J connectivity index is 1.84. The molecule has 2 aromatic rings. The van der Waals surface area contributed by atoms with Gasteiger partial charge in [0.1, 0.15) is 12.1 Å². The fourth-order valence-corrected chi connectivity index (χ4v) is 2.44. The van der Waals surface area contributed by atoms with Gasteiger partial charge in [0, 0.05) is 22.8 Å². The van der Waals surface area contributed by atoms with Gasteiger partial charge in [0.25, 0.3) is 5.91 Å². The number of carbonyl (C=O) groups is 3. The Morgan fingerprint density at radius 3 is 2.34 bits per heavy atom. The van der Waals surface area contributed by atoms with E-state index < -0.39 is 17.6 Å². The van der Waals surface area contributed by atoms with E-state index in [1.165, 1.54) is 0 Å². The van der Waals surface area contributed by atoms with Gasteiger partial charge in [0.05, 0.1) is 0 Å². The number of alkyl carbamates (subject to hydrolysis) is 1. The normalized spacial score (nSPS) is 10.8. The molecule has 3 N–H and O–H groups in total. The minimum atomic E-state index is -0.661. The van der Waals surface area contributed by atoms with Crippen LogP contribution in [0.5, 0.6) is 0 Å². The van der Waals surface area contributed by atoms with Gasteiger partial charge in [-0.25, -0.2) is 4.79 Å². The Morgan fingerprint density at radius 2 is 1.69 bits per heavy atom. The summed E-state index contributed by atoms with van der Waals surface area (Å²) in [6.45, 7) is 5.30. The zero-order valence-electron chi connectivity index (χ0n) is 16.5. The lowest BCUT2D eigenvalue weighted by Gasteiger charge is -2.19. The van der Waals surface area contributed by atoms with E-state index in [1.54, 1.807) is 63.2 Å². The lowest BCUT2D eigenvalue weighted by molar-refractivity contribution is -0.115. The highest BCUT2D eigenvalue weighted by Gasteiger charge is 2.16. The maximum Gasteiger partial charge on any atom is 0.408 e. The van der Waals surface area contributed by atoms with Crippen LogP contribution in [0.1, 0.15) is 36.7 Å². The maximum absolute atomic E-state index is 12.2. The van der Waals surface area contributed by atoms with Crippen molar-refractivity contribution in [3.8, 4) is 0 Å². The molecule has 3 amide bonds. The van der Waals surface area contributed by atoms with Gasteiger partial charge in [0.15, 0.2) is 0 Å². The second-order valence-corrected chi connectivity index (χ2v) is 7.73. The molecule has 0 fully saturated rings. The van der Waals surface area contributed by atoms with Crippen molar-refractivity contribution in [3.63, 3.8) is 0 Å². The largest absolute Gasteiger partial charge is 0.444 e. The molecule has 0 spiro atoms. The van der Waals surface area contributed by atoms with E-state index in [9.17, 15) is 14.4 Å². The number of amides is 3. The molecule has 0 unspecified atom stereocenters. The number of nitrogens with one attached hydrogen (secondary N) is 3. The smallest absolute Gasteiger partial charge is 0.408 e. The molecule has 154 valence electrons. The number of halogens is 1. The lowest BCUT2D eigenvalue weighted by Crippen LogP contribution is -2.37. The second kappa shape index (κ2) is 9.93. The Bertz CT molecular complexity index is 876. The molecule has 0 saturated carbocycles. The van der Waals surface area contributed by atoms with Crippen molar-refractivity contribution in [3.05, 3.63) is 64.7 Å². The van der Waals surface area contributed by atoms with E-state index in [0.717, 1.165) is 5.56 Å². The van der Waals surface area contributed by atoms with Crippen LogP contribution >= 0.6 is 11.6 Å². The molecule has 0 saturated heterocycles. The molecule has 2 rings (SSSR count). The summed E-state index contributed by atoms with van der Waals surface area (Å²) in [5.41, 5.74) is 1.24. The molecule has 0 aliphatic carbocycles. The summed E-state index contributed by atoms with van der Waals surface area (Å²) in [6.07, 6.45) is -0.661. The molecule has 0 bridgehead atoms. The first-order valence-corrected chi connectivity index (χ1v) is 9.39. The first-order chi connectivity index (χ1) is 13.6. The van der Waals surface area contributed by atoms with Gasteiger partial charge in [-0.3, -0.25) is 9.59 Å². The zero-order valence-corrected chi connectivity index (χ0v) is 17.3. The first kappa shape index (κ1) is 22.2. The first-order valence-electron chi connectivity index (χ1n) is 9.02. The van der Waals surface area contributed by atoms with E-state index in [2.05, 4.69) is 16.0 Å². The topological polar surface area (TPSA) is 96.5 Å². The van der Waals surface area contributed by atoms with Crippen LogP contribution in [-0.2, 0) is 16.1 Å². The van der Waals surface area contributed by atoms with E-state index in [1.807, 2.05) is 6.07 Å². The van der Waals surface area contributed by atoms with Crippen LogP contribution in [0.4, 0.5) is 10.5 Å². The van der Waals surface area contributed by atoms with Crippen molar-refractivity contribution in [2.75, 3.05) is 11.9 Å². The number of ether oxygens (including phenoxy) is 1. The van der Waals surface area contributed by atoms with E-state index in [4.69, 9.17) is 16.3 Å². The van der Waals surface area contributed by atoms with E-state index >= 15 is 0 Å². The summed E-state index contributed by atoms with van der Waals surface area (Å²) in [5.74, 6) is -0.615. The second-order valence-electron chi connectivity index (χ2n) is 7.29. The number of rotatable bonds is 6. The quantitative estimate of drug-likeness (QED) is 0.667. The highest BCUT2D eigenvalue weighted by Crippen LogP contribution is 2.12. The molecule has 2 aromatic carbocycles. The number of hydrogen-bond donors (Lipinski definition) is 3. The maximum atomic E-state index is 12.2. The fraction of sp³-hybridized carbons (Fsp3) is 0.286. The van der Waals surface area contributed by atoms with Crippen molar-refractivity contribution in [1.82, 2.24) is 10.6 Å². The van der Waals surface area contributed by atoms with Gasteiger partial charge in [-0.05, 0) is 62.7 Å². The van der Waals surface area contributed by atoms with Gasteiger partial charge in [0.2, 0.25) is 5.91 Å². The highest BCUT2D eigenvalue weighted by atomic mass is 35.5. The van der Waals surface area contributed by atoms with Crippen LogP contribution < -0.4 is 16.0 Å². The molecule has 0 aromatic heterocycles. The number of carbonyl (C=O) groups excluding carboxylic acids is 3. The minimum Gasteiger partial charge on any atom is -0.444 e. The van der Waals surface area contributed by atoms with E-state index in [-0.39, 0.29) is 12.5 Å². The van der Waals surface area contributed by atoms with Crippen LogP contribution in [-0.4, -0.2) is 30.1 Å². The summed E-state index contributed by atoms with van der Waals surface area (Å²) in [4.78, 5) is 35.8. The average molecular weight is 418 g/mol. The molecule has 0 heterocycles. The molecule has 29 heavy (non-hydrogen) atoms. The lowest BCUT2D eigenvalue weighted by atomic mass is 10.1. The Morgan fingerprint density at radius 1 is 1.00 bits per heavy atom. The van der Waals surface area contributed by atoms with Crippen molar-refractivity contribution in [2.24, 2.45) is 0 Å². The summed E-state index contributed by atoms with van der Waals surface area (Å²) < 4.78 is 5.08. The van der Waals surface area contributed by atoms with Crippen molar-refractivity contribution in [2.45, 2.75) is 32.9 Å². The number of hydrogen-bond acceptors (Lipinski definition) is 4. The molecule has 0 radical (unpaired) electrons. The van der Waals surface area contributed by atoms with Crippen LogP contribution in [0, 0.1) is 0 Å². The standard InChI is InChI=1S/C21H24ClN3O4/c1-21(2,3)29-20(28)24-13-18(26)25-17-6-4-5-14(11-17)12-23-19(27)15-7-9-16(22)10-8-15/h4-11H,12-13H2,1-3H3,(H,23,27)(H,24,28)(H,25,26). The molecule has 0 aliphatic rings. The molecule has 0 atom stereocenters. The minimum absolute atomic E-state index is 0.216. The zero-order chi connectivity index (χ0) is 21.4. The van der Waals surface area contributed by atoms with Gasteiger partial charge >= 0.3 is 6.09 Å². The molecule has 8 heteroatoms. The van der Waals surface area contributed by atoms with Gasteiger partial charge in [-0.1, -0.05) is 23.7 Å². The monoisotopic (exact) mass is 417 g/mol. The Kier molecular flexibility index (Phi) is 7.61. The summed E-state index contributed by atoms with van der Waals surface area (Å²) in [6, 6.07) is 13.6. The average Bonchev–Trinajstić information content (AvgIpc) is 2.64. The fourth-order valence-electron chi connectivity index (χ4n) is 2.32.